The Kier molecular flexibility index (Phi) is 3.30. The monoisotopic (exact) mass is 247 g/mol. The number of carbonyl (C=O) groups is 1. The van der Waals surface area contributed by atoms with Gasteiger partial charge in [-0.2, -0.15) is 5.26 Å². The highest BCUT2D eigenvalue weighted by molar-refractivity contribution is 5.92. The Bertz CT molecular complexity index is 517. The lowest BCUT2D eigenvalue weighted by Crippen LogP contribution is -2.48. The molecule has 4 nitrogen and oxygen atoms in total. The molecule has 0 radical (unpaired) electrons. The summed E-state index contributed by atoms with van der Waals surface area (Å²) in [6.45, 7) is 0. The molecule has 0 unspecified atom stereocenters. The number of amides is 1. The number of nitriles is 1. The van der Waals surface area contributed by atoms with Crippen LogP contribution in [0.5, 0.6) is 0 Å². The molecule has 0 bridgehead atoms. The van der Waals surface area contributed by atoms with Crippen molar-refractivity contribution in [2.24, 2.45) is 5.73 Å². The third-order valence-corrected chi connectivity index (χ3v) is 3.26. The van der Waals surface area contributed by atoms with Crippen molar-refractivity contribution >= 4 is 11.6 Å². The Morgan fingerprint density at radius 1 is 1.56 bits per heavy atom. The maximum absolute atomic E-state index is 13.3. The molecular formula is C13H14FN3O. The van der Waals surface area contributed by atoms with Crippen LogP contribution in [0, 0.1) is 17.1 Å². The largest absolute Gasteiger partial charge is 0.325 e. The minimum absolute atomic E-state index is 0.148. The van der Waals surface area contributed by atoms with E-state index < -0.39 is 11.4 Å². The number of nitrogens with two attached hydrogens (primary N) is 1. The van der Waals surface area contributed by atoms with Crippen LogP contribution in [0.15, 0.2) is 18.2 Å². The van der Waals surface area contributed by atoms with Gasteiger partial charge >= 0.3 is 0 Å². The van der Waals surface area contributed by atoms with E-state index in [9.17, 15) is 9.18 Å². The number of nitrogens with one attached hydrogen (secondary N) is 1. The predicted molar refractivity (Wildman–Crippen MR) is 65.1 cm³/mol. The summed E-state index contributed by atoms with van der Waals surface area (Å²) in [6.07, 6.45) is 2.89. The van der Waals surface area contributed by atoms with Gasteiger partial charge in [0.25, 0.3) is 0 Å². The lowest BCUT2D eigenvalue weighted by Gasteiger charge is -2.37. The van der Waals surface area contributed by atoms with Gasteiger partial charge in [0.05, 0.1) is 5.69 Å². The Balaban J connectivity index is 2.08. The molecule has 1 aliphatic carbocycles. The number of halogens is 1. The summed E-state index contributed by atoms with van der Waals surface area (Å²) in [7, 11) is 0. The van der Waals surface area contributed by atoms with Gasteiger partial charge in [0, 0.05) is 12.0 Å². The Morgan fingerprint density at radius 3 is 2.83 bits per heavy atom. The van der Waals surface area contributed by atoms with E-state index in [1.165, 1.54) is 18.2 Å². The van der Waals surface area contributed by atoms with E-state index in [-0.39, 0.29) is 23.6 Å². The first-order valence-electron chi connectivity index (χ1n) is 5.81. The molecule has 1 aromatic carbocycles. The number of carbonyl (C=O) groups excluding carboxylic acids is 1. The fourth-order valence-electron chi connectivity index (χ4n) is 2.06. The van der Waals surface area contributed by atoms with Gasteiger partial charge in [0.15, 0.2) is 0 Å². The first kappa shape index (κ1) is 12.5. The number of benzene rings is 1. The average molecular weight is 247 g/mol. The van der Waals surface area contributed by atoms with E-state index in [4.69, 9.17) is 11.0 Å². The van der Waals surface area contributed by atoms with Crippen molar-refractivity contribution in [2.45, 2.75) is 31.2 Å². The molecule has 94 valence electrons. The van der Waals surface area contributed by atoms with Crippen molar-refractivity contribution in [3.05, 3.63) is 29.6 Å². The van der Waals surface area contributed by atoms with E-state index in [1.54, 1.807) is 6.07 Å². The lowest BCUT2D eigenvalue weighted by atomic mass is 9.75. The number of nitrogens with zero attached hydrogens (tertiary/aromatic N) is 1. The van der Waals surface area contributed by atoms with Crippen LogP contribution in [-0.4, -0.2) is 11.4 Å². The van der Waals surface area contributed by atoms with Gasteiger partial charge in [-0.1, -0.05) is 6.07 Å². The van der Waals surface area contributed by atoms with Crippen molar-refractivity contribution in [1.29, 1.82) is 5.26 Å². The quantitative estimate of drug-likeness (QED) is 0.856. The smallest absolute Gasteiger partial charge is 0.226 e. The normalized spacial score (nSPS) is 16.5. The lowest BCUT2D eigenvalue weighted by molar-refractivity contribution is -0.118. The zero-order chi connectivity index (χ0) is 13.2. The van der Waals surface area contributed by atoms with Crippen molar-refractivity contribution < 1.29 is 9.18 Å². The van der Waals surface area contributed by atoms with Crippen LogP contribution in [0.3, 0.4) is 0 Å². The number of anilines is 1. The molecule has 1 saturated carbocycles. The van der Waals surface area contributed by atoms with Crippen molar-refractivity contribution in [2.75, 3.05) is 5.32 Å². The summed E-state index contributed by atoms with van der Waals surface area (Å²) in [4.78, 5) is 11.8. The second-order valence-corrected chi connectivity index (χ2v) is 4.72. The topological polar surface area (TPSA) is 78.9 Å². The molecule has 0 heterocycles. The van der Waals surface area contributed by atoms with E-state index in [0.717, 1.165) is 19.3 Å². The van der Waals surface area contributed by atoms with Gasteiger partial charge in [-0.15, -0.1) is 0 Å². The van der Waals surface area contributed by atoms with Crippen LogP contribution < -0.4 is 11.1 Å². The molecule has 5 heteroatoms. The van der Waals surface area contributed by atoms with Crippen LogP contribution in [0.25, 0.3) is 0 Å². The molecule has 3 N–H and O–H groups in total. The molecule has 0 aliphatic heterocycles. The fraction of sp³-hybridized carbons (Fsp3) is 0.385. The molecule has 0 spiro atoms. The summed E-state index contributed by atoms with van der Waals surface area (Å²) < 4.78 is 13.3. The predicted octanol–water partition coefficient (Wildman–Crippen LogP) is 1.91. The van der Waals surface area contributed by atoms with Gasteiger partial charge in [-0.05, 0) is 31.4 Å². The summed E-state index contributed by atoms with van der Waals surface area (Å²) in [6, 6.07) is 5.88. The maximum Gasteiger partial charge on any atom is 0.226 e. The van der Waals surface area contributed by atoms with Gasteiger partial charge in [-0.25, -0.2) is 4.39 Å². The van der Waals surface area contributed by atoms with Gasteiger partial charge < -0.3 is 11.1 Å². The first-order valence-corrected chi connectivity index (χ1v) is 5.81. The van der Waals surface area contributed by atoms with Gasteiger partial charge in [-0.3, -0.25) is 4.79 Å². The highest BCUT2D eigenvalue weighted by atomic mass is 19.1. The molecule has 2 rings (SSSR count). The molecule has 0 saturated heterocycles. The summed E-state index contributed by atoms with van der Waals surface area (Å²) in [5.74, 6) is -0.916. The van der Waals surface area contributed by atoms with Crippen molar-refractivity contribution in [3.8, 4) is 6.07 Å². The minimum atomic E-state index is -0.638. The third kappa shape index (κ3) is 2.49. The second kappa shape index (κ2) is 4.75. The fourth-order valence-corrected chi connectivity index (χ4v) is 2.06. The van der Waals surface area contributed by atoms with E-state index >= 15 is 0 Å². The zero-order valence-corrected chi connectivity index (χ0v) is 9.87. The van der Waals surface area contributed by atoms with Crippen LogP contribution in [0.4, 0.5) is 10.1 Å². The first-order chi connectivity index (χ1) is 8.54. The standard InChI is InChI=1S/C13H14FN3O/c14-10-3-1-4-11(9(10)8-15)17-12(18)7-13(16)5-2-6-13/h1,3-4H,2,5-7,16H2,(H,17,18). The summed E-state index contributed by atoms with van der Waals surface area (Å²) in [5.41, 5.74) is 5.58. The molecular weight excluding hydrogens is 233 g/mol. The highest BCUT2D eigenvalue weighted by Crippen LogP contribution is 2.32. The van der Waals surface area contributed by atoms with Gasteiger partial charge in [0.1, 0.15) is 17.4 Å². The average Bonchev–Trinajstić information content (AvgIpc) is 2.27. The number of hydrogen-bond acceptors (Lipinski definition) is 3. The molecule has 0 atom stereocenters. The SMILES string of the molecule is N#Cc1c(F)cccc1NC(=O)CC1(N)CCC1. The van der Waals surface area contributed by atoms with E-state index in [2.05, 4.69) is 5.32 Å². The molecule has 1 aliphatic rings. The Labute approximate surface area is 105 Å². The van der Waals surface area contributed by atoms with Crippen LogP contribution in [0.1, 0.15) is 31.2 Å². The molecule has 1 fully saturated rings. The molecule has 18 heavy (non-hydrogen) atoms. The van der Waals surface area contributed by atoms with Crippen LogP contribution in [0.2, 0.25) is 0 Å². The highest BCUT2D eigenvalue weighted by Gasteiger charge is 2.34. The van der Waals surface area contributed by atoms with Crippen molar-refractivity contribution in [1.82, 2.24) is 0 Å². The minimum Gasteiger partial charge on any atom is -0.325 e. The zero-order valence-electron chi connectivity index (χ0n) is 9.87. The molecule has 0 aromatic heterocycles. The van der Waals surface area contributed by atoms with Gasteiger partial charge in [0.2, 0.25) is 5.91 Å². The Morgan fingerprint density at radius 2 is 2.28 bits per heavy atom. The molecule has 1 amide bonds. The summed E-state index contributed by atoms with van der Waals surface area (Å²) in [5, 5.41) is 11.4. The Hall–Kier alpha value is -1.93. The third-order valence-electron chi connectivity index (χ3n) is 3.26. The van der Waals surface area contributed by atoms with E-state index in [0.29, 0.717) is 0 Å². The van der Waals surface area contributed by atoms with Crippen LogP contribution >= 0.6 is 0 Å². The number of rotatable bonds is 3. The van der Waals surface area contributed by atoms with Crippen molar-refractivity contribution in [3.63, 3.8) is 0 Å². The molecule has 1 aromatic rings. The summed E-state index contributed by atoms with van der Waals surface area (Å²) >= 11 is 0. The second-order valence-electron chi connectivity index (χ2n) is 4.72. The van der Waals surface area contributed by atoms with Crippen LogP contribution in [-0.2, 0) is 4.79 Å². The van der Waals surface area contributed by atoms with E-state index in [1.807, 2.05) is 0 Å². The number of hydrogen-bond donors (Lipinski definition) is 2. The maximum atomic E-state index is 13.3.